The summed E-state index contributed by atoms with van der Waals surface area (Å²) in [5.41, 5.74) is 2.51. The number of hydrogen-bond acceptors (Lipinski definition) is 6. The molecular weight excluding hydrogens is 450 g/mol. The van der Waals surface area contributed by atoms with E-state index in [1.54, 1.807) is 24.3 Å². The molecule has 0 spiro atoms. The number of rotatable bonds is 6. The van der Waals surface area contributed by atoms with Gasteiger partial charge in [0.25, 0.3) is 5.91 Å². The number of carbonyl (C=O) groups is 3. The van der Waals surface area contributed by atoms with Gasteiger partial charge in [0, 0.05) is 41.8 Å². The Hall–Kier alpha value is -2.78. The molecule has 1 aliphatic heterocycles. The predicted octanol–water partition coefficient (Wildman–Crippen LogP) is 3.90. The first-order valence-electron chi connectivity index (χ1n) is 12.2. The summed E-state index contributed by atoms with van der Waals surface area (Å²) in [6.07, 6.45) is 8.43. The molecule has 4 aliphatic carbocycles. The molecule has 34 heavy (non-hydrogen) atoms. The Labute approximate surface area is 202 Å². The van der Waals surface area contributed by atoms with Gasteiger partial charge < -0.3 is 10.6 Å². The second-order valence-electron chi connectivity index (χ2n) is 10.5. The Morgan fingerprint density at radius 1 is 1.09 bits per heavy atom. The average molecular weight is 480 g/mol. The molecule has 0 atom stereocenters. The van der Waals surface area contributed by atoms with Gasteiger partial charge in [-0.25, -0.2) is 9.78 Å². The summed E-state index contributed by atoms with van der Waals surface area (Å²) >= 11 is 1.36. The summed E-state index contributed by atoms with van der Waals surface area (Å²) in [6.45, 7) is 1.06. The number of benzene rings is 1. The largest absolute Gasteiger partial charge is 0.328 e. The fourth-order valence-electron chi connectivity index (χ4n) is 6.82. The molecule has 5 fully saturated rings. The molecule has 2 heterocycles. The summed E-state index contributed by atoms with van der Waals surface area (Å²) in [6, 6.07) is 6.59. The number of nitrogens with one attached hydrogen (secondary N) is 3. The van der Waals surface area contributed by atoms with Crippen molar-refractivity contribution in [1.82, 2.24) is 15.6 Å². The first kappa shape index (κ1) is 21.7. The van der Waals surface area contributed by atoms with E-state index in [4.69, 9.17) is 0 Å². The normalized spacial score (nSPS) is 29.9. The van der Waals surface area contributed by atoms with Crippen LogP contribution in [0.25, 0.3) is 0 Å². The maximum Gasteiger partial charge on any atom is 0.328 e. The van der Waals surface area contributed by atoms with E-state index in [1.165, 1.54) is 54.8 Å². The molecule has 0 unspecified atom stereocenters. The Bertz CT molecular complexity index is 1090. The maximum absolute atomic E-state index is 12.7. The maximum atomic E-state index is 12.7. The van der Waals surface area contributed by atoms with Gasteiger partial charge in [-0.3, -0.25) is 19.8 Å². The fraction of sp³-hybridized carbons (Fsp3) is 0.520. The molecule has 4 saturated carbocycles. The van der Waals surface area contributed by atoms with Crippen molar-refractivity contribution in [2.45, 2.75) is 57.0 Å². The molecule has 1 saturated heterocycles. The van der Waals surface area contributed by atoms with Crippen LogP contribution >= 0.6 is 11.3 Å². The fourth-order valence-corrected chi connectivity index (χ4v) is 7.53. The van der Waals surface area contributed by atoms with Crippen molar-refractivity contribution in [3.8, 4) is 0 Å². The summed E-state index contributed by atoms with van der Waals surface area (Å²) < 4.78 is 0. The van der Waals surface area contributed by atoms with Gasteiger partial charge in [0.2, 0.25) is 5.91 Å². The van der Waals surface area contributed by atoms with Crippen molar-refractivity contribution in [3.63, 3.8) is 0 Å². The van der Waals surface area contributed by atoms with Gasteiger partial charge >= 0.3 is 6.03 Å². The topological polar surface area (TPSA) is 103 Å². The molecule has 0 radical (unpaired) electrons. The van der Waals surface area contributed by atoms with Crippen LogP contribution < -0.4 is 20.9 Å². The lowest BCUT2D eigenvalue weighted by atomic mass is 9.53. The third-order valence-corrected chi connectivity index (χ3v) is 8.81. The van der Waals surface area contributed by atoms with E-state index in [0.717, 1.165) is 23.4 Å². The van der Waals surface area contributed by atoms with Crippen molar-refractivity contribution in [2.75, 3.05) is 16.8 Å². The van der Waals surface area contributed by atoms with Crippen molar-refractivity contribution in [2.24, 2.45) is 17.8 Å². The van der Waals surface area contributed by atoms with Gasteiger partial charge in [0.1, 0.15) is 0 Å². The molecule has 2 aromatic rings. The molecule has 1 aromatic heterocycles. The average Bonchev–Trinajstić information content (AvgIpc) is 3.27. The van der Waals surface area contributed by atoms with Gasteiger partial charge in [0.15, 0.2) is 5.01 Å². The first-order chi connectivity index (χ1) is 16.4. The monoisotopic (exact) mass is 479 g/mol. The van der Waals surface area contributed by atoms with Gasteiger partial charge in [0.05, 0.1) is 5.69 Å². The van der Waals surface area contributed by atoms with E-state index in [0.29, 0.717) is 29.5 Å². The van der Waals surface area contributed by atoms with Crippen LogP contribution in [0.3, 0.4) is 0 Å². The Morgan fingerprint density at radius 2 is 1.76 bits per heavy atom. The summed E-state index contributed by atoms with van der Waals surface area (Å²) in [5, 5.41) is 11.5. The number of amides is 4. The Kier molecular flexibility index (Phi) is 5.41. The molecule has 8 nitrogen and oxygen atoms in total. The molecule has 4 amide bonds. The highest BCUT2D eigenvalue weighted by Gasteiger charge is 2.50. The van der Waals surface area contributed by atoms with Crippen LogP contribution in [0.4, 0.5) is 16.2 Å². The minimum Gasteiger partial charge on any atom is -0.320 e. The highest BCUT2D eigenvalue weighted by atomic mass is 32.1. The first-order valence-corrected chi connectivity index (χ1v) is 13.0. The lowest BCUT2D eigenvalue weighted by Gasteiger charge is -2.57. The summed E-state index contributed by atoms with van der Waals surface area (Å²) in [4.78, 5) is 42.2. The minimum atomic E-state index is -0.425. The number of hydrogen-bond donors (Lipinski definition) is 3. The zero-order valence-corrected chi connectivity index (χ0v) is 19.8. The zero-order chi connectivity index (χ0) is 23.3. The zero-order valence-electron chi connectivity index (χ0n) is 19.0. The lowest BCUT2D eigenvalue weighted by molar-refractivity contribution is -0.120. The van der Waals surface area contributed by atoms with Crippen molar-refractivity contribution < 1.29 is 14.4 Å². The molecular formula is C25H29N5O3S. The second kappa shape index (κ2) is 8.46. The van der Waals surface area contributed by atoms with E-state index >= 15 is 0 Å². The number of imide groups is 1. The number of thiazole rings is 1. The highest BCUT2D eigenvalue weighted by molar-refractivity contribution is 7.11. The number of aromatic nitrogens is 1. The van der Waals surface area contributed by atoms with Crippen molar-refractivity contribution in [3.05, 3.63) is 40.3 Å². The van der Waals surface area contributed by atoms with E-state index in [1.807, 2.05) is 5.38 Å². The van der Waals surface area contributed by atoms with E-state index in [-0.39, 0.29) is 23.8 Å². The second-order valence-corrected chi connectivity index (χ2v) is 11.3. The van der Waals surface area contributed by atoms with Crippen molar-refractivity contribution >= 4 is 40.6 Å². The van der Waals surface area contributed by atoms with E-state index in [2.05, 4.69) is 20.9 Å². The predicted molar refractivity (Wildman–Crippen MR) is 130 cm³/mol. The molecule has 4 bridgehead atoms. The molecule has 3 N–H and O–H groups in total. The Morgan fingerprint density at radius 3 is 2.41 bits per heavy atom. The third-order valence-electron chi connectivity index (χ3n) is 7.92. The number of carbonyl (C=O) groups excluding carboxylic acids is 3. The van der Waals surface area contributed by atoms with Crippen LogP contribution in [0.5, 0.6) is 0 Å². The van der Waals surface area contributed by atoms with Crippen LogP contribution in [0, 0.1) is 17.8 Å². The number of anilines is 2. The standard InChI is InChI=1S/C25H29N5O3S/c31-21-5-6-30(24(33)29-21)20-3-1-18(2-4-20)27-22(32)23-28-19(14-34-23)13-26-25-10-15-7-16(11-25)9-17(8-15)12-25/h1-4,14-17,26H,5-13H2,(H,27,32)(H,29,31,33). The van der Waals surface area contributed by atoms with Gasteiger partial charge in [-0.2, -0.15) is 0 Å². The van der Waals surface area contributed by atoms with Crippen LogP contribution in [-0.4, -0.2) is 34.9 Å². The Balaban J connectivity index is 1.05. The smallest absolute Gasteiger partial charge is 0.320 e. The SMILES string of the molecule is O=C1CCN(c2ccc(NC(=O)c3nc(CNC45CC6CC(CC(C6)C4)C5)cs3)cc2)C(=O)N1. The third kappa shape index (κ3) is 4.22. The van der Waals surface area contributed by atoms with E-state index < -0.39 is 6.03 Å². The molecule has 9 heteroatoms. The van der Waals surface area contributed by atoms with Crippen LogP contribution in [-0.2, 0) is 11.3 Å². The van der Waals surface area contributed by atoms with Gasteiger partial charge in [-0.1, -0.05) is 0 Å². The van der Waals surface area contributed by atoms with Gasteiger partial charge in [-0.15, -0.1) is 11.3 Å². The van der Waals surface area contributed by atoms with Crippen LogP contribution in [0.2, 0.25) is 0 Å². The molecule has 1 aromatic carbocycles. The quantitative estimate of drug-likeness (QED) is 0.583. The highest BCUT2D eigenvalue weighted by Crippen LogP contribution is 2.55. The summed E-state index contributed by atoms with van der Waals surface area (Å²) in [5.74, 6) is 2.19. The molecule has 7 rings (SSSR count). The summed E-state index contributed by atoms with van der Waals surface area (Å²) in [7, 11) is 0. The minimum absolute atomic E-state index is 0.236. The number of nitrogens with zero attached hydrogens (tertiary/aromatic N) is 2. The number of urea groups is 1. The van der Waals surface area contributed by atoms with Crippen LogP contribution in [0.1, 0.15) is 60.4 Å². The van der Waals surface area contributed by atoms with Gasteiger partial charge in [-0.05, 0) is 80.5 Å². The molecule has 5 aliphatic rings. The lowest BCUT2D eigenvalue weighted by Crippen LogP contribution is -2.58. The molecule has 178 valence electrons. The van der Waals surface area contributed by atoms with E-state index in [9.17, 15) is 14.4 Å². The van der Waals surface area contributed by atoms with Crippen LogP contribution in [0.15, 0.2) is 29.6 Å². The van der Waals surface area contributed by atoms with Crippen molar-refractivity contribution in [1.29, 1.82) is 0 Å².